The van der Waals surface area contributed by atoms with E-state index in [1.165, 1.54) is 4.88 Å². The van der Waals surface area contributed by atoms with Crippen molar-refractivity contribution >= 4 is 45.5 Å². The number of benzene rings is 3. The molecule has 0 bridgehead atoms. The van der Waals surface area contributed by atoms with E-state index in [0.29, 0.717) is 11.0 Å². The molecule has 0 unspecified atom stereocenters. The molecule has 1 aliphatic rings. The lowest BCUT2D eigenvalue weighted by atomic mass is 10.0. The Bertz CT molecular complexity index is 1450. The normalized spacial score (nSPS) is 15.7. The topological polar surface area (TPSA) is 41.4 Å². The number of halogens is 1. The summed E-state index contributed by atoms with van der Waals surface area (Å²) < 4.78 is 0. The molecule has 4 nitrogen and oxygen atoms in total. The highest BCUT2D eigenvalue weighted by Gasteiger charge is 2.32. The van der Waals surface area contributed by atoms with Crippen LogP contribution in [0.4, 0.5) is 5.95 Å². The van der Waals surface area contributed by atoms with E-state index in [4.69, 9.17) is 26.7 Å². The summed E-state index contributed by atoms with van der Waals surface area (Å²) in [6.45, 7) is 0. The van der Waals surface area contributed by atoms with Crippen molar-refractivity contribution in [3.63, 3.8) is 0 Å². The van der Waals surface area contributed by atoms with E-state index in [1.807, 2.05) is 65.7 Å². The number of thiophene rings is 1. The van der Waals surface area contributed by atoms with Crippen molar-refractivity contribution in [2.24, 2.45) is 5.10 Å². The van der Waals surface area contributed by atoms with Crippen LogP contribution in [-0.4, -0.2) is 15.7 Å². The molecule has 0 radical (unpaired) electrons. The highest BCUT2D eigenvalue weighted by atomic mass is 35.5. The van der Waals surface area contributed by atoms with Crippen LogP contribution in [0.3, 0.4) is 0 Å². The molecule has 0 saturated carbocycles. The minimum absolute atomic E-state index is 0.0550. The van der Waals surface area contributed by atoms with Gasteiger partial charge >= 0.3 is 0 Å². The number of hydrazone groups is 1. The Balaban J connectivity index is 1.53. The van der Waals surface area contributed by atoms with Gasteiger partial charge in [0.15, 0.2) is 0 Å². The standard InChI is InChI=1S/C27H19ClN4S/c28-20-14-12-19(13-15-20)26-21-9-4-5-10-22(21)29-27(30-26)32-24(25-11-6-16-33-25)17-23(31-32)18-7-2-1-3-8-18/h1-16,24H,17H2/t24-/m0/s1. The van der Waals surface area contributed by atoms with Crippen molar-refractivity contribution < 1.29 is 0 Å². The van der Waals surface area contributed by atoms with Crippen molar-refractivity contribution in [1.29, 1.82) is 0 Å². The molecular formula is C27H19ClN4S. The summed E-state index contributed by atoms with van der Waals surface area (Å²) in [5, 5.41) is 10.8. The molecule has 0 spiro atoms. The Labute approximate surface area is 200 Å². The van der Waals surface area contributed by atoms with Gasteiger partial charge in [0.1, 0.15) is 0 Å². The van der Waals surface area contributed by atoms with Crippen molar-refractivity contribution in [3.05, 3.63) is 112 Å². The minimum Gasteiger partial charge on any atom is -0.223 e. The van der Waals surface area contributed by atoms with Crippen LogP contribution in [0.2, 0.25) is 5.02 Å². The minimum atomic E-state index is 0.0550. The number of aromatic nitrogens is 2. The molecule has 3 aromatic carbocycles. The first-order valence-electron chi connectivity index (χ1n) is 10.7. The molecule has 160 valence electrons. The third-order valence-electron chi connectivity index (χ3n) is 5.80. The number of fused-ring (bicyclic) bond motifs is 1. The fraction of sp³-hybridized carbons (Fsp3) is 0.0741. The highest BCUT2D eigenvalue weighted by molar-refractivity contribution is 7.10. The van der Waals surface area contributed by atoms with Gasteiger partial charge in [0, 0.05) is 27.3 Å². The van der Waals surface area contributed by atoms with E-state index in [-0.39, 0.29) is 6.04 Å². The number of nitrogens with zero attached hydrogens (tertiary/aromatic N) is 4. The van der Waals surface area contributed by atoms with Crippen molar-refractivity contribution in [2.75, 3.05) is 5.01 Å². The number of para-hydroxylation sites is 1. The van der Waals surface area contributed by atoms with E-state index in [0.717, 1.165) is 39.9 Å². The molecule has 6 rings (SSSR count). The Morgan fingerprint density at radius 1 is 0.788 bits per heavy atom. The zero-order valence-electron chi connectivity index (χ0n) is 17.6. The molecule has 0 N–H and O–H groups in total. The third-order valence-corrected chi connectivity index (χ3v) is 7.03. The van der Waals surface area contributed by atoms with Crippen molar-refractivity contribution in [2.45, 2.75) is 12.5 Å². The smallest absolute Gasteiger partial charge is 0.223 e. The second-order valence-electron chi connectivity index (χ2n) is 7.89. The van der Waals surface area contributed by atoms with Crippen LogP contribution in [0, 0.1) is 0 Å². The van der Waals surface area contributed by atoms with Gasteiger partial charge in [-0.2, -0.15) is 5.10 Å². The molecule has 6 heteroatoms. The number of anilines is 1. The van der Waals surface area contributed by atoms with Gasteiger partial charge in [-0.3, -0.25) is 0 Å². The number of hydrogen-bond acceptors (Lipinski definition) is 5. The third kappa shape index (κ3) is 3.80. The lowest BCUT2D eigenvalue weighted by molar-refractivity contribution is 0.700. The van der Waals surface area contributed by atoms with E-state index < -0.39 is 0 Å². The van der Waals surface area contributed by atoms with Crippen molar-refractivity contribution in [3.8, 4) is 11.3 Å². The van der Waals surface area contributed by atoms with Gasteiger partial charge in [-0.1, -0.05) is 78.3 Å². The second-order valence-corrected chi connectivity index (χ2v) is 9.30. The SMILES string of the molecule is Clc1ccc(-c2nc(N3N=C(c4ccccc4)C[C@H]3c3cccs3)nc3ccccc23)cc1. The zero-order chi connectivity index (χ0) is 22.2. The molecule has 5 aromatic rings. The Hall–Kier alpha value is -3.54. The van der Waals surface area contributed by atoms with Crippen LogP contribution in [0.5, 0.6) is 0 Å². The highest BCUT2D eigenvalue weighted by Crippen LogP contribution is 2.39. The maximum atomic E-state index is 6.15. The van der Waals surface area contributed by atoms with Crippen LogP contribution >= 0.6 is 22.9 Å². The molecule has 1 aliphatic heterocycles. The van der Waals surface area contributed by atoms with Gasteiger partial charge in [-0.05, 0) is 35.2 Å². The molecule has 0 saturated heterocycles. The Kier molecular flexibility index (Phi) is 5.13. The first-order chi connectivity index (χ1) is 16.3. The summed E-state index contributed by atoms with van der Waals surface area (Å²) in [7, 11) is 0. The average Bonchev–Trinajstić information content (AvgIpc) is 3.55. The number of rotatable bonds is 4. The second kappa shape index (κ2) is 8.43. The Morgan fingerprint density at radius 2 is 1.58 bits per heavy atom. The number of hydrogen-bond donors (Lipinski definition) is 0. The quantitative estimate of drug-likeness (QED) is 0.277. The lowest BCUT2D eigenvalue weighted by Gasteiger charge is -2.21. The summed E-state index contributed by atoms with van der Waals surface area (Å²) >= 11 is 7.88. The van der Waals surface area contributed by atoms with E-state index in [9.17, 15) is 0 Å². The molecule has 0 fully saturated rings. The van der Waals surface area contributed by atoms with Gasteiger partial charge in [-0.15, -0.1) is 11.3 Å². The fourth-order valence-corrected chi connectivity index (χ4v) is 5.13. The summed E-state index contributed by atoms with van der Waals surface area (Å²) in [4.78, 5) is 11.2. The molecular weight excluding hydrogens is 448 g/mol. The zero-order valence-corrected chi connectivity index (χ0v) is 19.2. The lowest BCUT2D eigenvalue weighted by Crippen LogP contribution is -2.20. The Morgan fingerprint density at radius 3 is 2.36 bits per heavy atom. The molecule has 33 heavy (non-hydrogen) atoms. The maximum absolute atomic E-state index is 6.15. The van der Waals surface area contributed by atoms with E-state index in [1.54, 1.807) is 11.3 Å². The predicted molar refractivity (Wildman–Crippen MR) is 137 cm³/mol. The van der Waals surface area contributed by atoms with Gasteiger partial charge in [-0.25, -0.2) is 15.0 Å². The molecule has 0 amide bonds. The van der Waals surface area contributed by atoms with E-state index >= 15 is 0 Å². The molecule has 3 heterocycles. The summed E-state index contributed by atoms with van der Waals surface area (Å²) in [5.41, 5.74) is 4.93. The summed E-state index contributed by atoms with van der Waals surface area (Å²) in [6.07, 6.45) is 0.803. The largest absolute Gasteiger partial charge is 0.247 e. The molecule has 0 aliphatic carbocycles. The first kappa shape index (κ1) is 20.1. The summed E-state index contributed by atoms with van der Waals surface area (Å²) in [6, 6.07) is 30.5. The van der Waals surface area contributed by atoms with Gasteiger partial charge < -0.3 is 0 Å². The van der Waals surface area contributed by atoms with Crippen LogP contribution in [0.25, 0.3) is 22.2 Å². The fourth-order valence-electron chi connectivity index (χ4n) is 4.20. The maximum Gasteiger partial charge on any atom is 0.247 e. The van der Waals surface area contributed by atoms with Gasteiger partial charge in [0.05, 0.1) is 23.0 Å². The molecule has 1 atom stereocenters. The van der Waals surface area contributed by atoms with Crippen LogP contribution in [0.15, 0.2) is 101 Å². The molecule has 2 aromatic heterocycles. The van der Waals surface area contributed by atoms with E-state index in [2.05, 4.69) is 35.7 Å². The average molecular weight is 467 g/mol. The van der Waals surface area contributed by atoms with Crippen molar-refractivity contribution in [1.82, 2.24) is 9.97 Å². The van der Waals surface area contributed by atoms with Gasteiger partial charge in [0.2, 0.25) is 5.95 Å². The first-order valence-corrected chi connectivity index (χ1v) is 12.0. The monoisotopic (exact) mass is 466 g/mol. The van der Waals surface area contributed by atoms with Crippen LogP contribution in [-0.2, 0) is 0 Å². The van der Waals surface area contributed by atoms with Crippen LogP contribution in [0.1, 0.15) is 22.9 Å². The predicted octanol–water partition coefficient (Wildman–Crippen LogP) is 7.37. The summed E-state index contributed by atoms with van der Waals surface area (Å²) in [5.74, 6) is 0.600. The van der Waals surface area contributed by atoms with Gasteiger partial charge in [0.25, 0.3) is 0 Å². The van der Waals surface area contributed by atoms with Crippen LogP contribution < -0.4 is 5.01 Å².